The fraction of sp³-hybridized carbons (Fsp3) is 0.250. The van der Waals surface area contributed by atoms with Crippen molar-refractivity contribution in [2.45, 2.75) is 32.4 Å². The highest BCUT2D eigenvalue weighted by Gasteiger charge is 2.14. The van der Waals surface area contributed by atoms with Crippen LogP contribution in [0.3, 0.4) is 0 Å². The molecule has 4 rings (SSSR count). The number of nitrogens with one attached hydrogen (secondary N) is 1. The summed E-state index contributed by atoms with van der Waals surface area (Å²) in [5.74, 6) is 0.519. The van der Waals surface area contributed by atoms with E-state index < -0.39 is 6.10 Å². The molecule has 2 N–H and O–H groups in total. The van der Waals surface area contributed by atoms with E-state index in [1.54, 1.807) is 0 Å². The quantitative estimate of drug-likeness (QED) is 0.292. The first kappa shape index (κ1) is 20.5. The Balaban J connectivity index is 1.56. The largest absolute Gasteiger partial charge is 0.389 e. The molecule has 150 valence electrons. The number of fused-ring (bicyclic) bond motifs is 3. The van der Waals surface area contributed by atoms with E-state index >= 15 is 0 Å². The van der Waals surface area contributed by atoms with E-state index in [0.717, 1.165) is 25.7 Å². The van der Waals surface area contributed by atoms with Gasteiger partial charge in [0.15, 0.2) is 0 Å². The summed E-state index contributed by atoms with van der Waals surface area (Å²) in [6, 6.07) is 21.0. The molecule has 0 saturated carbocycles. The zero-order valence-electron chi connectivity index (χ0n) is 16.5. The van der Waals surface area contributed by atoms with Gasteiger partial charge in [0.25, 0.3) is 0 Å². The maximum Gasteiger partial charge on any atom is 0.0891 e. The van der Waals surface area contributed by atoms with Gasteiger partial charge < -0.3 is 15.0 Å². The van der Waals surface area contributed by atoms with Crippen LogP contribution in [0.2, 0.25) is 0 Å². The third kappa shape index (κ3) is 4.37. The van der Waals surface area contributed by atoms with Crippen molar-refractivity contribution >= 4 is 59.4 Å². The van der Waals surface area contributed by atoms with Crippen molar-refractivity contribution in [1.29, 1.82) is 0 Å². The molecule has 0 aliphatic carbocycles. The van der Waals surface area contributed by atoms with Gasteiger partial charge in [-0.3, -0.25) is 0 Å². The van der Waals surface area contributed by atoms with Crippen molar-refractivity contribution in [1.82, 2.24) is 4.57 Å². The lowest BCUT2D eigenvalue weighted by molar-refractivity contribution is 0.169. The van der Waals surface area contributed by atoms with Gasteiger partial charge in [-0.25, -0.2) is 0 Å². The molecule has 29 heavy (non-hydrogen) atoms. The van der Waals surface area contributed by atoms with Gasteiger partial charge in [0.2, 0.25) is 0 Å². The molecule has 3 aromatic carbocycles. The fourth-order valence-electron chi connectivity index (χ4n) is 3.74. The summed E-state index contributed by atoms with van der Waals surface area (Å²) in [5.41, 5.74) is 4.60. The number of aliphatic hydroxyl groups excluding tert-OH is 1. The van der Waals surface area contributed by atoms with E-state index in [4.69, 9.17) is 0 Å². The van der Waals surface area contributed by atoms with Crippen LogP contribution < -0.4 is 5.32 Å². The molecule has 0 fully saturated rings. The second-order valence-electron chi connectivity index (χ2n) is 7.74. The SMILES string of the molecule is CC(C)c1ccc(NC[C@@H](O)Cn2c3ccc(Br)cc3c3cc(Br)ccc32)cc1. The van der Waals surface area contributed by atoms with Gasteiger partial charge in [0.05, 0.1) is 12.6 Å². The predicted molar refractivity (Wildman–Crippen MR) is 130 cm³/mol. The fourth-order valence-corrected chi connectivity index (χ4v) is 4.46. The molecular formula is C24H24Br2N2O. The van der Waals surface area contributed by atoms with E-state index in [2.05, 4.69) is 104 Å². The zero-order chi connectivity index (χ0) is 20.5. The summed E-state index contributed by atoms with van der Waals surface area (Å²) in [4.78, 5) is 0. The molecule has 1 heterocycles. The van der Waals surface area contributed by atoms with Crippen LogP contribution in [0.5, 0.6) is 0 Å². The van der Waals surface area contributed by atoms with E-state index in [-0.39, 0.29) is 0 Å². The maximum atomic E-state index is 10.8. The average Bonchev–Trinajstić information content (AvgIpc) is 2.99. The Labute approximate surface area is 188 Å². The number of halogens is 2. The van der Waals surface area contributed by atoms with Crippen molar-refractivity contribution in [2.75, 3.05) is 11.9 Å². The molecule has 1 atom stereocenters. The van der Waals surface area contributed by atoms with Gasteiger partial charge in [0.1, 0.15) is 0 Å². The average molecular weight is 516 g/mol. The summed E-state index contributed by atoms with van der Waals surface area (Å²) in [6.07, 6.45) is -0.508. The summed E-state index contributed by atoms with van der Waals surface area (Å²) in [7, 11) is 0. The number of hydrogen-bond donors (Lipinski definition) is 2. The standard InChI is InChI=1S/C24H24Br2N2O/c1-15(2)16-3-7-19(8-4-16)27-13-20(29)14-28-23-9-5-17(25)11-21(23)22-12-18(26)6-10-24(22)28/h3-12,15,20,27,29H,13-14H2,1-2H3/t20-/m1/s1. The van der Waals surface area contributed by atoms with E-state index in [9.17, 15) is 5.11 Å². The Morgan fingerprint density at radius 2 is 1.41 bits per heavy atom. The molecule has 0 radical (unpaired) electrons. The lowest BCUT2D eigenvalue weighted by Gasteiger charge is -2.16. The minimum Gasteiger partial charge on any atom is -0.389 e. The highest BCUT2D eigenvalue weighted by molar-refractivity contribution is 9.10. The van der Waals surface area contributed by atoms with Crippen LogP contribution in [0.15, 0.2) is 69.6 Å². The molecule has 0 bridgehead atoms. The first-order valence-electron chi connectivity index (χ1n) is 9.81. The molecule has 5 heteroatoms. The van der Waals surface area contributed by atoms with Crippen molar-refractivity contribution in [2.24, 2.45) is 0 Å². The van der Waals surface area contributed by atoms with Crippen LogP contribution in [-0.2, 0) is 6.54 Å². The highest BCUT2D eigenvalue weighted by Crippen LogP contribution is 2.33. The summed E-state index contributed by atoms with van der Waals surface area (Å²) >= 11 is 7.16. The number of anilines is 1. The normalized spacial score (nSPS) is 12.8. The zero-order valence-corrected chi connectivity index (χ0v) is 19.7. The number of benzene rings is 3. The van der Waals surface area contributed by atoms with Crippen molar-refractivity contribution < 1.29 is 5.11 Å². The number of nitrogens with zero attached hydrogens (tertiary/aromatic N) is 1. The molecular weight excluding hydrogens is 492 g/mol. The van der Waals surface area contributed by atoms with Crippen molar-refractivity contribution in [3.63, 3.8) is 0 Å². The highest BCUT2D eigenvalue weighted by atomic mass is 79.9. The first-order chi connectivity index (χ1) is 13.9. The van der Waals surface area contributed by atoms with Crippen LogP contribution in [0.4, 0.5) is 5.69 Å². The first-order valence-corrected chi connectivity index (χ1v) is 11.4. The number of rotatable bonds is 6. The van der Waals surface area contributed by atoms with Crippen LogP contribution in [0.1, 0.15) is 25.3 Å². The maximum absolute atomic E-state index is 10.8. The summed E-state index contributed by atoms with van der Waals surface area (Å²) < 4.78 is 4.31. The number of aliphatic hydroxyl groups is 1. The Kier molecular flexibility index (Phi) is 6.00. The predicted octanol–water partition coefficient (Wildman–Crippen LogP) is 6.92. The molecule has 0 spiro atoms. The molecule has 0 aliphatic rings. The van der Waals surface area contributed by atoms with Crippen molar-refractivity contribution in [3.8, 4) is 0 Å². The Morgan fingerprint density at radius 1 is 0.862 bits per heavy atom. The van der Waals surface area contributed by atoms with Gasteiger partial charge in [-0.05, 0) is 60.0 Å². The second-order valence-corrected chi connectivity index (χ2v) is 9.58. The van der Waals surface area contributed by atoms with Crippen LogP contribution in [0, 0.1) is 0 Å². The Morgan fingerprint density at radius 3 is 1.93 bits per heavy atom. The Hall–Kier alpha value is -1.82. The molecule has 0 unspecified atom stereocenters. The second kappa shape index (κ2) is 8.50. The van der Waals surface area contributed by atoms with E-state index in [1.165, 1.54) is 16.3 Å². The van der Waals surface area contributed by atoms with Crippen LogP contribution >= 0.6 is 31.9 Å². The molecule has 1 aromatic heterocycles. The van der Waals surface area contributed by atoms with Gasteiger partial charge in [0, 0.05) is 43.0 Å². The minimum atomic E-state index is -0.508. The number of aromatic nitrogens is 1. The monoisotopic (exact) mass is 514 g/mol. The topological polar surface area (TPSA) is 37.2 Å². The molecule has 3 nitrogen and oxygen atoms in total. The smallest absolute Gasteiger partial charge is 0.0891 e. The lowest BCUT2D eigenvalue weighted by atomic mass is 10.0. The van der Waals surface area contributed by atoms with Crippen LogP contribution in [-0.4, -0.2) is 22.3 Å². The van der Waals surface area contributed by atoms with Crippen molar-refractivity contribution in [3.05, 3.63) is 75.2 Å². The Bertz CT molecular complexity index is 1090. The summed E-state index contributed by atoms with van der Waals surface area (Å²) in [5, 5.41) is 16.5. The van der Waals surface area contributed by atoms with Gasteiger partial charge in [-0.15, -0.1) is 0 Å². The summed E-state index contributed by atoms with van der Waals surface area (Å²) in [6.45, 7) is 5.40. The molecule has 4 aromatic rings. The third-order valence-corrected chi connectivity index (χ3v) is 6.29. The minimum absolute atomic E-state index is 0.495. The molecule has 0 amide bonds. The van der Waals surface area contributed by atoms with E-state index in [0.29, 0.717) is 19.0 Å². The number of hydrogen-bond acceptors (Lipinski definition) is 2. The van der Waals surface area contributed by atoms with E-state index in [1.807, 2.05) is 12.1 Å². The van der Waals surface area contributed by atoms with Gasteiger partial charge >= 0.3 is 0 Å². The molecule has 0 aliphatic heterocycles. The van der Waals surface area contributed by atoms with Gasteiger partial charge in [-0.2, -0.15) is 0 Å². The molecule has 0 saturated heterocycles. The van der Waals surface area contributed by atoms with Crippen LogP contribution in [0.25, 0.3) is 21.8 Å². The lowest BCUT2D eigenvalue weighted by Crippen LogP contribution is -2.24. The van der Waals surface area contributed by atoms with Gasteiger partial charge in [-0.1, -0.05) is 57.8 Å². The third-order valence-electron chi connectivity index (χ3n) is 5.30.